The van der Waals surface area contributed by atoms with Crippen LogP contribution in [0, 0.1) is 22.7 Å². The van der Waals surface area contributed by atoms with Crippen LogP contribution in [0.4, 0.5) is 11.4 Å². The van der Waals surface area contributed by atoms with Gasteiger partial charge in [-0.2, -0.15) is 10.5 Å². The number of rotatable bonds is 12. The first-order valence-corrected chi connectivity index (χ1v) is 17.7. The number of amides is 1. The van der Waals surface area contributed by atoms with Crippen molar-refractivity contribution in [2.45, 2.75) is 76.3 Å². The Hall–Kier alpha value is -4.49. The lowest BCUT2D eigenvalue weighted by Gasteiger charge is -2.44. The quantitative estimate of drug-likeness (QED) is 0.217. The van der Waals surface area contributed by atoms with E-state index in [-0.39, 0.29) is 23.1 Å². The molecule has 12 nitrogen and oxygen atoms in total. The smallest absolute Gasteiger partial charge is 0.306 e. The highest BCUT2D eigenvalue weighted by atomic mass is 35.5. The molecule has 0 spiro atoms. The molecule has 2 aliphatic rings. The third-order valence-corrected chi connectivity index (χ3v) is 9.23. The molecule has 0 saturated carbocycles. The van der Waals surface area contributed by atoms with Gasteiger partial charge in [-0.25, -0.2) is 0 Å². The summed E-state index contributed by atoms with van der Waals surface area (Å²) in [4.78, 5) is 50.7. The number of hydrogen-bond acceptors (Lipinski definition) is 11. The summed E-state index contributed by atoms with van der Waals surface area (Å²) in [5, 5.41) is 22.6. The number of esters is 2. The maximum atomic E-state index is 12.6. The van der Waals surface area contributed by atoms with E-state index in [0.29, 0.717) is 64.7 Å². The van der Waals surface area contributed by atoms with Crippen LogP contribution in [0.2, 0.25) is 0 Å². The van der Waals surface area contributed by atoms with Gasteiger partial charge in [0.1, 0.15) is 11.1 Å². The Morgan fingerprint density at radius 3 is 1.61 bits per heavy atom. The molecule has 2 saturated heterocycles. The van der Waals surface area contributed by atoms with Gasteiger partial charge in [-0.1, -0.05) is 50.2 Å². The molecule has 0 bridgehead atoms. The lowest BCUT2D eigenvalue weighted by molar-refractivity contribution is -0.141. The molecule has 51 heavy (non-hydrogen) atoms. The topological polar surface area (TPSA) is 156 Å². The summed E-state index contributed by atoms with van der Waals surface area (Å²) in [7, 11) is 2.79. The van der Waals surface area contributed by atoms with Crippen molar-refractivity contribution < 1.29 is 28.7 Å². The minimum absolute atomic E-state index is 0.0456. The van der Waals surface area contributed by atoms with Crippen LogP contribution in [-0.4, -0.2) is 97.5 Å². The van der Waals surface area contributed by atoms with E-state index in [9.17, 15) is 29.7 Å². The number of methoxy groups -OCH3 is 2. The molecule has 2 fully saturated rings. The van der Waals surface area contributed by atoms with Crippen molar-refractivity contribution in [3.05, 3.63) is 60.7 Å². The number of para-hydroxylation sites is 2. The molecule has 2 heterocycles. The zero-order valence-corrected chi connectivity index (χ0v) is 31.0. The maximum Gasteiger partial charge on any atom is 0.306 e. The van der Waals surface area contributed by atoms with Crippen molar-refractivity contribution in [3.63, 3.8) is 0 Å². The predicted octanol–water partition coefficient (Wildman–Crippen LogP) is 5.53. The third kappa shape index (κ3) is 14.0. The van der Waals surface area contributed by atoms with Crippen molar-refractivity contribution in [2.75, 3.05) is 63.7 Å². The average molecular weight is 723 g/mol. The first-order chi connectivity index (χ1) is 24.5. The molecule has 1 N–H and O–H groups in total. The Labute approximate surface area is 307 Å². The molecule has 0 atom stereocenters. The van der Waals surface area contributed by atoms with Crippen LogP contribution in [0.25, 0.3) is 0 Å². The van der Waals surface area contributed by atoms with Crippen molar-refractivity contribution in [2.24, 2.45) is 0 Å². The van der Waals surface area contributed by atoms with Gasteiger partial charge in [0.15, 0.2) is 0 Å². The first kappa shape index (κ1) is 42.7. The number of anilines is 2. The van der Waals surface area contributed by atoms with Gasteiger partial charge >= 0.3 is 11.9 Å². The van der Waals surface area contributed by atoms with Crippen LogP contribution < -0.4 is 10.2 Å². The van der Waals surface area contributed by atoms with Crippen molar-refractivity contribution in [1.29, 1.82) is 10.5 Å². The van der Waals surface area contributed by atoms with Crippen LogP contribution in [0.3, 0.4) is 0 Å². The molecule has 0 unspecified atom stereocenters. The molecule has 4 rings (SSSR count). The Balaban J connectivity index is 0.000000316. The van der Waals surface area contributed by atoms with E-state index in [2.05, 4.69) is 36.7 Å². The summed E-state index contributed by atoms with van der Waals surface area (Å²) < 4.78 is 9.33. The van der Waals surface area contributed by atoms with Crippen LogP contribution in [0.1, 0.15) is 65.2 Å². The highest BCUT2D eigenvalue weighted by molar-refractivity contribution is 6.63. The second-order valence-corrected chi connectivity index (χ2v) is 12.7. The number of likely N-dealkylation sites (tertiary alicyclic amines) is 2. The number of nitrogens with zero attached hydrogens (tertiary/aromatic N) is 5. The van der Waals surface area contributed by atoms with E-state index in [0.717, 1.165) is 37.3 Å². The van der Waals surface area contributed by atoms with Crippen LogP contribution in [-0.2, 0) is 28.7 Å². The molecule has 2 aliphatic heterocycles. The Morgan fingerprint density at radius 2 is 1.22 bits per heavy atom. The normalized spacial score (nSPS) is 16.2. The number of nitrogens with one attached hydrogen (secondary N) is 1. The highest BCUT2D eigenvalue weighted by Gasteiger charge is 2.43. The number of nitriles is 2. The fourth-order valence-electron chi connectivity index (χ4n) is 5.82. The molecule has 0 radical (unpaired) electrons. The first-order valence-electron chi connectivity index (χ1n) is 17.3. The largest absolute Gasteiger partial charge is 0.469 e. The Bertz CT molecular complexity index is 1460. The number of halogens is 1. The molecule has 2 aromatic carbocycles. The van der Waals surface area contributed by atoms with E-state index in [1.54, 1.807) is 11.8 Å². The molecule has 0 aromatic heterocycles. The number of carbonyl (C=O) groups is 4. The van der Waals surface area contributed by atoms with E-state index in [4.69, 9.17) is 11.6 Å². The van der Waals surface area contributed by atoms with Crippen molar-refractivity contribution in [3.8, 4) is 12.1 Å². The zero-order chi connectivity index (χ0) is 37.7. The van der Waals surface area contributed by atoms with Gasteiger partial charge in [-0.3, -0.25) is 24.1 Å². The minimum Gasteiger partial charge on any atom is -0.469 e. The number of carbonyl (C=O) groups excluding carboxylic acids is 4. The lowest BCUT2D eigenvalue weighted by Crippen LogP contribution is -2.57. The zero-order valence-electron chi connectivity index (χ0n) is 30.2. The van der Waals surface area contributed by atoms with E-state index in [1.165, 1.54) is 14.2 Å². The Kier molecular flexibility index (Phi) is 18.7. The van der Waals surface area contributed by atoms with Crippen molar-refractivity contribution in [1.82, 2.24) is 9.80 Å². The molecular weight excluding hydrogens is 672 g/mol. The lowest BCUT2D eigenvalue weighted by atomic mass is 9.86. The number of benzene rings is 2. The van der Waals surface area contributed by atoms with Gasteiger partial charge in [0.2, 0.25) is 11.1 Å². The number of hydrogen-bond donors (Lipinski definition) is 1. The van der Waals surface area contributed by atoms with E-state index in [1.807, 2.05) is 67.6 Å². The van der Waals surface area contributed by atoms with Crippen LogP contribution in [0.15, 0.2) is 60.7 Å². The molecule has 0 aliphatic carbocycles. The van der Waals surface area contributed by atoms with Gasteiger partial charge < -0.3 is 24.6 Å². The summed E-state index contributed by atoms with van der Waals surface area (Å²) in [5.41, 5.74) is 0.389. The molecule has 276 valence electrons. The van der Waals surface area contributed by atoms with E-state index < -0.39 is 11.1 Å². The standard InChI is InChI=1S/C19H25N3O3.C16H21N3O2.C3H5ClO/c1-3-17(23)22(16-7-5-4-6-8-16)19(15-20)10-13-21(14-11-19)12-9-18(24)25-2;1-21-15(20)7-10-19-11-8-16(13-17,9-12-19)18-14-5-3-2-4-6-14;1-2-3(4)5/h4-8H,3,9-14H2,1-2H3;2-6,18H,7-12H2,1H3;2H2,1H3. The molecule has 2 aromatic rings. The number of piperidine rings is 2. The van der Waals surface area contributed by atoms with Gasteiger partial charge in [0.05, 0.1) is 39.2 Å². The van der Waals surface area contributed by atoms with Crippen LogP contribution >= 0.6 is 11.6 Å². The highest BCUT2D eigenvalue weighted by Crippen LogP contribution is 2.34. The predicted molar refractivity (Wildman–Crippen MR) is 197 cm³/mol. The van der Waals surface area contributed by atoms with Gasteiger partial charge in [-0.05, 0) is 61.5 Å². The SMILES string of the molecule is CCC(=O)Cl.CCC(=O)N(c1ccccc1)C1(C#N)CCN(CCC(=O)OC)CC1.COC(=O)CCN1CCC(C#N)(Nc2ccccc2)CC1. The van der Waals surface area contributed by atoms with Gasteiger partial charge in [0.25, 0.3) is 0 Å². The van der Waals surface area contributed by atoms with E-state index >= 15 is 0 Å². The maximum absolute atomic E-state index is 12.6. The fraction of sp³-hybridized carbons (Fsp3) is 0.526. The molecule has 1 amide bonds. The summed E-state index contributed by atoms with van der Waals surface area (Å²) in [6, 6.07) is 24.1. The molecular formula is C38H51ClN6O6. The summed E-state index contributed by atoms with van der Waals surface area (Å²) >= 11 is 4.82. The van der Waals surface area contributed by atoms with Gasteiger partial charge in [0, 0.05) is 63.5 Å². The minimum atomic E-state index is -0.837. The van der Waals surface area contributed by atoms with Crippen LogP contribution in [0.5, 0.6) is 0 Å². The Morgan fingerprint density at radius 1 is 0.765 bits per heavy atom. The van der Waals surface area contributed by atoms with Gasteiger partial charge in [-0.15, -0.1) is 0 Å². The second-order valence-electron chi connectivity index (χ2n) is 12.3. The monoisotopic (exact) mass is 722 g/mol. The fourth-order valence-corrected chi connectivity index (χ4v) is 5.82. The second kappa shape index (κ2) is 22.4. The summed E-state index contributed by atoms with van der Waals surface area (Å²) in [6.07, 6.45) is 4.15. The summed E-state index contributed by atoms with van der Waals surface area (Å²) in [5.74, 6) is -0.463. The van der Waals surface area contributed by atoms with Crippen molar-refractivity contribution >= 4 is 46.1 Å². The molecule has 13 heteroatoms. The number of ether oxygens (including phenoxy) is 2. The summed E-state index contributed by atoms with van der Waals surface area (Å²) in [6.45, 7) is 7.80. The average Bonchev–Trinajstić information content (AvgIpc) is 3.18. The third-order valence-electron chi connectivity index (χ3n) is 8.96.